The number of hydrogen-bond acceptors (Lipinski definition) is 5. The number of aromatic nitrogens is 3. The maximum atomic E-state index is 9.56. The van der Waals surface area contributed by atoms with Gasteiger partial charge in [-0.1, -0.05) is 24.3 Å². The van der Waals surface area contributed by atoms with Crippen LogP contribution in [-0.2, 0) is 0 Å². The Morgan fingerprint density at radius 3 is 2.72 bits per heavy atom. The maximum Gasteiger partial charge on any atom is 0.140 e. The molecule has 1 atom stereocenters. The molecule has 0 bridgehead atoms. The van der Waals surface area contributed by atoms with Crippen LogP contribution in [0.2, 0.25) is 0 Å². The van der Waals surface area contributed by atoms with Crippen LogP contribution in [0.5, 0.6) is 0 Å². The fraction of sp³-hybridized carbons (Fsp3) is 0.105. The Kier molecular flexibility index (Phi) is 3.92. The molecule has 0 saturated heterocycles. The number of nitrogens with one attached hydrogen (secondary N) is 2. The highest BCUT2D eigenvalue weighted by molar-refractivity contribution is 7.15. The van der Waals surface area contributed by atoms with E-state index in [-0.39, 0.29) is 0 Å². The lowest BCUT2D eigenvalue weighted by Crippen LogP contribution is -2.08. The summed E-state index contributed by atoms with van der Waals surface area (Å²) in [6, 6.07) is 15.8. The Labute approximate surface area is 149 Å². The number of hydrogen-bond donors (Lipinski definition) is 2. The minimum absolute atomic E-state index is 0.419. The van der Waals surface area contributed by atoms with Crippen molar-refractivity contribution in [3.05, 3.63) is 65.6 Å². The van der Waals surface area contributed by atoms with Gasteiger partial charge < -0.3 is 10.3 Å². The van der Waals surface area contributed by atoms with E-state index in [0.717, 1.165) is 37.7 Å². The number of aromatic amines is 1. The first-order valence-corrected chi connectivity index (χ1v) is 8.66. The highest BCUT2D eigenvalue weighted by Crippen LogP contribution is 2.28. The van der Waals surface area contributed by atoms with Gasteiger partial charge in [-0.15, -0.1) is 11.3 Å². The zero-order valence-corrected chi connectivity index (χ0v) is 14.3. The van der Waals surface area contributed by atoms with Gasteiger partial charge in [-0.05, 0) is 36.2 Å². The van der Waals surface area contributed by atoms with Gasteiger partial charge in [-0.25, -0.2) is 9.97 Å². The number of fused-ring (bicyclic) bond motifs is 1. The third-order valence-electron chi connectivity index (χ3n) is 4.01. The number of thiazole rings is 1. The predicted octanol–water partition coefficient (Wildman–Crippen LogP) is 4.67. The van der Waals surface area contributed by atoms with Crippen LogP contribution in [0.1, 0.15) is 16.6 Å². The monoisotopic (exact) mass is 345 g/mol. The molecule has 0 aliphatic heterocycles. The highest BCUT2D eigenvalue weighted by Gasteiger charge is 2.11. The molecule has 4 aromatic rings. The van der Waals surface area contributed by atoms with Crippen molar-refractivity contribution in [2.75, 3.05) is 5.32 Å². The average Bonchev–Trinajstić information content (AvgIpc) is 3.28. The molecule has 2 heterocycles. The van der Waals surface area contributed by atoms with Crippen LogP contribution >= 0.6 is 11.3 Å². The summed E-state index contributed by atoms with van der Waals surface area (Å²) in [5.74, 6) is 0. The molecule has 5 nitrogen and oxygen atoms in total. The van der Waals surface area contributed by atoms with Gasteiger partial charge in [0.05, 0.1) is 33.3 Å². The molecule has 1 unspecified atom stereocenters. The van der Waals surface area contributed by atoms with Gasteiger partial charge in [-0.2, -0.15) is 5.26 Å². The topological polar surface area (TPSA) is 77.4 Å². The average molecular weight is 345 g/mol. The van der Waals surface area contributed by atoms with E-state index >= 15 is 0 Å². The van der Waals surface area contributed by atoms with Gasteiger partial charge in [-0.3, -0.25) is 0 Å². The molecule has 4 rings (SSSR count). The minimum Gasteiger partial charge on any atom is -0.366 e. The first-order chi connectivity index (χ1) is 12.2. The molecule has 6 heteroatoms. The Bertz CT molecular complexity index is 1060. The molecule has 0 spiro atoms. The van der Waals surface area contributed by atoms with Gasteiger partial charge >= 0.3 is 0 Å². The van der Waals surface area contributed by atoms with Crippen LogP contribution in [0, 0.1) is 18.3 Å². The van der Waals surface area contributed by atoms with Crippen molar-refractivity contribution >= 4 is 28.1 Å². The number of benzene rings is 2. The van der Waals surface area contributed by atoms with Crippen molar-refractivity contribution < 1.29 is 0 Å². The van der Waals surface area contributed by atoms with Gasteiger partial charge in [0, 0.05) is 11.9 Å². The van der Waals surface area contributed by atoms with E-state index in [2.05, 4.69) is 26.3 Å². The summed E-state index contributed by atoms with van der Waals surface area (Å²) in [7, 11) is 0. The summed E-state index contributed by atoms with van der Waals surface area (Å²) < 4.78 is 0. The first kappa shape index (κ1) is 15.4. The number of rotatable bonds is 4. The molecule has 0 radical (unpaired) electrons. The molecule has 0 amide bonds. The quantitative estimate of drug-likeness (QED) is 0.563. The Hall–Kier alpha value is -3.17. The largest absolute Gasteiger partial charge is 0.366 e. The van der Waals surface area contributed by atoms with E-state index in [1.807, 2.05) is 55.6 Å². The molecule has 2 aromatic heterocycles. The molecule has 0 aliphatic carbocycles. The fourth-order valence-electron chi connectivity index (χ4n) is 2.72. The van der Waals surface area contributed by atoms with Crippen LogP contribution in [-0.4, -0.2) is 15.0 Å². The maximum absolute atomic E-state index is 9.56. The highest BCUT2D eigenvalue weighted by atomic mass is 32.1. The smallest absolute Gasteiger partial charge is 0.140 e. The zero-order chi connectivity index (χ0) is 17.2. The summed E-state index contributed by atoms with van der Waals surface area (Å²) in [4.78, 5) is 12.7. The first-order valence-electron chi connectivity index (χ1n) is 7.85. The van der Waals surface area contributed by atoms with Crippen LogP contribution in [0.4, 0.5) is 5.69 Å². The van der Waals surface area contributed by atoms with Crippen LogP contribution < -0.4 is 5.32 Å². The van der Waals surface area contributed by atoms with Crippen molar-refractivity contribution in [2.45, 2.75) is 13.0 Å². The summed E-state index contributed by atoms with van der Waals surface area (Å²) in [6.45, 7) is 1.99. The summed E-state index contributed by atoms with van der Waals surface area (Å²) in [6.07, 6.45) is 3.55. The number of anilines is 1. The van der Waals surface area contributed by atoms with Gasteiger partial charge in [0.1, 0.15) is 6.04 Å². The van der Waals surface area contributed by atoms with Crippen molar-refractivity contribution in [3.8, 4) is 16.5 Å². The Morgan fingerprint density at radius 2 is 2.00 bits per heavy atom. The molecule has 2 aromatic carbocycles. The van der Waals surface area contributed by atoms with Crippen LogP contribution in [0.25, 0.3) is 21.5 Å². The van der Waals surface area contributed by atoms with Crippen molar-refractivity contribution in [2.24, 2.45) is 0 Å². The van der Waals surface area contributed by atoms with Crippen LogP contribution in [0.15, 0.2) is 55.0 Å². The van der Waals surface area contributed by atoms with E-state index in [1.54, 1.807) is 17.7 Å². The van der Waals surface area contributed by atoms with E-state index < -0.39 is 6.04 Å². The molecule has 25 heavy (non-hydrogen) atoms. The van der Waals surface area contributed by atoms with Gasteiger partial charge in [0.2, 0.25) is 0 Å². The summed E-state index contributed by atoms with van der Waals surface area (Å²) in [5, 5.41) is 13.9. The second-order valence-electron chi connectivity index (χ2n) is 5.71. The fourth-order valence-corrected chi connectivity index (χ4v) is 3.50. The number of aryl methyl sites for hydroxylation is 1. The van der Waals surface area contributed by atoms with E-state index in [0.29, 0.717) is 0 Å². The standard InChI is InChI=1S/C19H15N5S/c1-12-21-10-19(25-12)14-4-2-13(3-5-14)18(9-20)24-15-6-7-16-17(8-15)23-11-22-16/h2-8,10-11,18,24H,1H3,(H,22,23). The summed E-state index contributed by atoms with van der Waals surface area (Å²) in [5.41, 5.74) is 4.77. The second kappa shape index (κ2) is 6.38. The van der Waals surface area contributed by atoms with Crippen molar-refractivity contribution in [3.63, 3.8) is 0 Å². The molecule has 0 saturated carbocycles. The Morgan fingerprint density at radius 1 is 1.16 bits per heavy atom. The molecule has 122 valence electrons. The van der Waals surface area contributed by atoms with Crippen molar-refractivity contribution in [1.82, 2.24) is 15.0 Å². The molecule has 2 N–H and O–H groups in total. The lowest BCUT2D eigenvalue weighted by Gasteiger charge is -2.13. The van der Waals surface area contributed by atoms with E-state index in [9.17, 15) is 5.26 Å². The van der Waals surface area contributed by atoms with Gasteiger partial charge in [0.15, 0.2) is 0 Å². The van der Waals surface area contributed by atoms with E-state index in [4.69, 9.17) is 0 Å². The number of nitrogens with zero attached hydrogens (tertiary/aromatic N) is 3. The molecule has 0 aliphatic rings. The zero-order valence-electron chi connectivity index (χ0n) is 13.5. The van der Waals surface area contributed by atoms with E-state index in [1.165, 1.54) is 0 Å². The normalized spacial score (nSPS) is 12.0. The number of imidazole rings is 1. The van der Waals surface area contributed by atoms with Crippen LogP contribution in [0.3, 0.4) is 0 Å². The van der Waals surface area contributed by atoms with Crippen molar-refractivity contribution in [1.29, 1.82) is 5.26 Å². The van der Waals surface area contributed by atoms with Gasteiger partial charge in [0.25, 0.3) is 0 Å². The third-order valence-corrected chi connectivity index (χ3v) is 4.97. The lowest BCUT2D eigenvalue weighted by atomic mass is 10.0. The summed E-state index contributed by atoms with van der Waals surface area (Å²) >= 11 is 1.66. The minimum atomic E-state index is -0.419. The molecular formula is C19H15N5S. The molecular weight excluding hydrogens is 330 g/mol. The number of nitriles is 1. The predicted molar refractivity (Wildman–Crippen MR) is 100 cm³/mol. The SMILES string of the molecule is Cc1ncc(-c2ccc(C(C#N)Nc3ccc4nc[nH]c4c3)cc2)s1. The molecule has 0 fully saturated rings. The third kappa shape index (κ3) is 3.10. The Balaban J connectivity index is 1.57. The second-order valence-corrected chi connectivity index (χ2v) is 6.94. The lowest BCUT2D eigenvalue weighted by molar-refractivity contribution is 0.999. The number of H-pyrrole nitrogens is 1.